The van der Waals surface area contributed by atoms with Crippen LogP contribution in [0.2, 0.25) is 0 Å². The van der Waals surface area contributed by atoms with E-state index in [0.29, 0.717) is 5.04 Å². The van der Waals surface area contributed by atoms with Gasteiger partial charge in [-0.3, -0.25) is 9.74 Å². The molecular weight excluding hydrogens is 180 g/mol. The lowest BCUT2D eigenvalue weighted by atomic mass is 10.9. The second-order valence-electron chi connectivity index (χ2n) is 2.01. The minimum Gasteiger partial charge on any atom is -0.376 e. The van der Waals surface area contributed by atoms with Crippen LogP contribution in [0.4, 0.5) is 4.79 Å². The van der Waals surface area contributed by atoms with E-state index in [1.54, 1.807) is 6.92 Å². The number of hydrogen-bond acceptors (Lipinski definition) is 5. The van der Waals surface area contributed by atoms with Gasteiger partial charge in [0.25, 0.3) is 0 Å². The van der Waals surface area contributed by atoms with Crippen molar-refractivity contribution in [2.45, 2.75) is 6.92 Å². The molecule has 12 heavy (non-hydrogen) atoms. The molecular formula is C6H12N2O3S. The SMILES string of the molecule is CS/C(C)=N/OC(=O)N(C)CO. The van der Waals surface area contributed by atoms with Crippen molar-refractivity contribution in [2.24, 2.45) is 5.16 Å². The van der Waals surface area contributed by atoms with E-state index in [9.17, 15) is 4.79 Å². The van der Waals surface area contributed by atoms with Crippen LogP contribution in [0.3, 0.4) is 0 Å². The molecule has 0 rings (SSSR count). The molecule has 0 fully saturated rings. The molecule has 0 bridgehead atoms. The van der Waals surface area contributed by atoms with Crippen molar-refractivity contribution >= 4 is 22.9 Å². The average Bonchev–Trinajstić information content (AvgIpc) is 2.11. The normalized spacial score (nSPS) is 11.2. The van der Waals surface area contributed by atoms with Gasteiger partial charge in [-0.1, -0.05) is 5.16 Å². The van der Waals surface area contributed by atoms with Crippen molar-refractivity contribution in [1.82, 2.24) is 4.90 Å². The fraction of sp³-hybridized carbons (Fsp3) is 0.667. The Labute approximate surface area is 75.4 Å². The number of carbonyl (C=O) groups is 1. The molecule has 0 saturated heterocycles. The third-order valence-electron chi connectivity index (χ3n) is 1.07. The summed E-state index contributed by atoms with van der Waals surface area (Å²) in [4.78, 5) is 16.3. The summed E-state index contributed by atoms with van der Waals surface area (Å²) in [5.41, 5.74) is 0. The maximum Gasteiger partial charge on any atom is 0.437 e. The lowest BCUT2D eigenvalue weighted by Gasteiger charge is -2.09. The zero-order valence-corrected chi connectivity index (χ0v) is 8.09. The highest BCUT2D eigenvalue weighted by atomic mass is 32.2. The summed E-state index contributed by atoms with van der Waals surface area (Å²) in [6, 6.07) is 0. The molecule has 0 aliphatic carbocycles. The Morgan fingerprint density at radius 2 is 2.33 bits per heavy atom. The molecule has 0 aromatic rings. The zero-order valence-electron chi connectivity index (χ0n) is 7.27. The van der Waals surface area contributed by atoms with E-state index < -0.39 is 6.09 Å². The maximum atomic E-state index is 10.8. The molecule has 5 nitrogen and oxygen atoms in total. The number of aliphatic hydroxyl groups excluding tert-OH is 1. The second-order valence-corrected chi connectivity index (χ2v) is 3.01. The fourth-order valence-electron chi connectivity index (χ4n) is 0.268. The van der Waals surface area contributed by atoms with Gasteiger partial charge in [-0.05, 0) is 13.2 Å². The Morgan fingerprint density at radius 1 is 1.75 bits per heavy atom. The quantitative estimate of drug-likeness (QED) is 0.230. The Kier molecular flexibility index (Phi) is 5.48. The molecule has 1 N–H and O–H groups in total. The van der Waals surface area contributed by atoms with Gasteiger partial charge in [-0.25, -0.2) is 4.79 Å². The molecule has 1 amide bonds. The van der Waals surface area contributed by atoms with Crippen molar-refractivity contribution in [1.29, 1.82) is 0 Å². The van der Waals surface area contributed by atoms with Gasteiger partial charge in [-0.15, -0.1) is 11.8 Å². The number of carbonyl (C=O) groups excluding carboxylic acids is 1. The number of thioether (sulfide) groups is 1. The summed E-state index contributed by atoms with van der Waals surface area (Å²) in [6.07, 6.45) is 1.15. The third kappa shape index (κ3) is 4.20. The number of nitrogens with zero attached hydrogens (tertiary/aromatic N) is 2. The Hall–Kier alpha value is -0.750. The van der Waals surface area contributed by atoms with Crippen molar-refractivity contribution in [3.8, 4) is 0 Å². The van der Waals surface area contributed by atoms with Gasteiger partial charge in [0.1, 0.15) is 11.8 Å². The molecule has 0 heterocycles. The smallest absolute Gasteiger partial charge is 0.376 e. The van der Waals surface area contributed by atoms with Crippen molar-refractivity contribution in [3.63, 3.8) is 0 Å². The minimum absolute atomic E-state index is 0.382. The molecule has 0 radical (unpaired) electrons. The van der Waals surface area contributed by atoms with E-state index in [4.69, 9.17) is 5.11 Å². The first-order valence-corrected chi connectivity index (χ1v) is 4.45. The molecule has 0 atom stereocenters. The summed E-state index contributed by atoms with van der Waals surface area (Å²) >= 11 is 1.38. The zero-order chi connectivity index (χ0) is 9.56. The van der Waals surface area contributed by atoms with Gasteiger partial charge in [-0.2, -0.15) is 0 Å². The van der Waals surface area contributed by atoms with E-state index in [2.05, 4.69) is 9.99 Å². The summed E-state index contributed by atoms with van der Waals surface area (Å²) in [5.74, 6) is 0. The van der Waals surface area contributed by atoms with Crippen molar-refractivity contribution in [2.75, 3.05) is 20.0 Å². The van der Waals surface area contributed by atoms with Gasteiger partial charge >= 0.3 is 6.09 Å². The Morgan fingerprint density at radius 3 is 2.75 bits per heavy atom. The first kappa shape index (κ1) is 11.2. The van der Waals surface area contributed by atoms with E-state index in [-0.39, 0.29) is 6.73 Å². The summed E-state index contributed by atoms with van der Waals surface area (Å²) in [7, 11) is 1.41. The monoisotopic (exact) mass is 192 g/mol. The Bertz CT molecular complexity index is 184. The summed E-state index contributed by atoms with van der Waals surface area (Å²) in [5, 5.41) is 12.6. The van der Waals surface area contributed by atoms with E-state index >= 15 is 0 Å². The van der Waals surface area contributed by atoms with Crippen LogP contribution in [-0.4, -0.2) is 41.2 Å². The van der Waals surface area contributed by atoms with Crippen LogP contribution in [0, 0.1) is 0 Å². The number of amides is 1. The minimum atomic E-state index is -0.675. The highest BCUT2D eigenvalue weighted by molar-refractivity contribution is 8.13. The van der Waals surface area contributed by atoms with Gasteiger partial charge in [0, 0.05) is 7.05 Å². The van der Waals surface area contributed by atoms with Crippen LogP contribution >= 0.6 is 11.8 Å². The molecule has 0 unspecified atom stereocenters. The molecule has 6 heteroatoms. The molecule has 0 saturated carbocycles. The molecule has 0 aliphatic heterocycles. The fourth-order valence-corrected chi connectivity index (χ4v) is 0.380. The van der Waals surface area contributed by atoms with E-state index in [1.807, 2.05) is 6.26 Å². The molecule has 0 aromatic heterocycles. The van der Waals surface area contributed by atoms with Gasteiger partial charge < -0.3 is 5.11 Å². The predicted molar refractivity (Wildman–Crippen MR) is 48.0 cm³/mol. The molecule has 0 aliphatic rings. The lowest BCUT2D eigenvalue weighted by molar-refractivity contribution is 0.0772. The predicted octanol–water partition coefficient (Wildman–Crippen LogP) is 0.701. The van der Waals surface area contributed by atoms with Crippen LogP contribution in [-0.2, 0) is 4.84 Å². The second kappa shape index (κ2) is 5.84. The van der Waals surface area contributed by atoms with Crippen molar-refractivity contribution in [3.05, 3.63) is 0 Å². The highest BCUT2D eigenvalue weighted by Crippen LogP contribution is 1.98. The lowest BCUT2D eigenvalue weighted by Crippen LogP contribution is -2.27. The molecule has 0 aromatic carbocycles. The summed E-state index contributed by atoms with van der Waals surface area (Å²) < 4.78 is 0. The van der Waals surface area contributed by atoms with Crippen LogP contribution < -0.4 is 0 Å². The number of oxime groups is 1. The van der Waals surface area contributed by atoms with Crippen molar-refractivity contribution < 1.29 is 14.7 Å². The third-order valence-corrected chi connectivity index (χ3v) is 1.74. The van der Waals surface area contributed by atoms with Crippen LogP contribution in [0.1, 0.15) is 6.92 Å². The van der Waals surface area contributed by atoms with Gasteiger partial charge in [0.05, 0.1) is 0 Å². The number of aliphatic hydroxyl groups is 1. The topological polar surface area (TPSA) is 62.1 Å². The average molecular weight is 192 g/mol. The molecule has 0 spiro atoms. The largest absolute Gasteiger partial charge is 0.437 e. The van der Waals surface area contributed by atoms with E-state index in [1.165, 1.54) is 18.8 Å². The van der Waals surface area contributed by atoms with Gasteiger partial charge in [0.2, 0.25) is 0 Å². The standard InChI is InChI=1S/C6H12N2O3S/c1-5(12-3)7-11-6(10)8(2)4-9/h9H,4H2,1-3H3/b7-5+. The number of hydrogen-bond donors (Lipinski definition) is 1. The summed E-state index contributed by atoms with van der Waals surface area (Å²) in [6.45, 7) is 1.34. The first-order valence-electron chi connectivity index (χ1n) is 3.23. The van der Waals surface area contributed by atoms with Crippen LogP contribution in [0.5, 0.6) is 0 Å². The van der Waals surface area contributed by atoms with Crippen LogP contribution in [0.15, 0.2) is 5.16 Å². The number of rotatable bonds is 2. The maximum absolute atomic E-state index is 10.8. The van der Waals surface area contributed by atoms with Crippen LogP contribution in [0.25, 0.3) is 0 Å². The van der Waals surface area contributed by atoms with Gasteiger partial charge in [0.15, 0.2) is 0 Å². The molecule has 70 valence electrons. The Balaban J connectivity index is 3.86. The first-order chi connectivity index (χ1) is 5.61. The highest BCUT2D eigenvalue weighted by Gasteiger charge is 2.07. The van der Waals surface area contributed by atoms with E-state index in [0.717, 1.165) is 4.90 Å².